The van der Waals surface area contributed by atoms with Crippen molar-refractivity contribution in [2.75, 3.05) is 5.32 Å². The highest BCUT2D eigenvalue weighted by molar-refractivity contribution is 6.39. The number of nitro groups is 1. The van der Waals surface area contributed by atoms with Crippen LogP contribution in [0.1, 0.15) is 5.56 Å². The number of para-hydroxylation sites is 2. The standard InChI is InChI=1S/C17H12F4N4O6/c18-16(19)17(20,21)31-13-4-2-1-3-11(13)23-14(27)15(28)24-22-8-9-7-10(25(29)30)5-6-12(9)26/h1-8,16,26H,(H,23,27)(H,24,28)/b22-8-. The van der Waals surface area contributed by atoms with E-state index in [-0.39, 0.29) is 11.3 Å². The second-order valence-electron chi connectivity index (χ2n) is 5.61. The van der Waals surface area contributed by atoms with Gasteiger partial charge in [-0.3, -0.25) is 19.7 Å². The van der Waals surface area contributed by atoms with Crippen LogP contribution in [-0.2, 0) is 9.59 Å². The van der Waals surface area contributed by atoms with Gasteiger partial charge in [0.15, 0.2) is 0 Å². The molecule has 0 aliphatic carbocycles. The fraction of sp³-hybridized carbons (Fsp3) is 0.118. The van der Waals surface area contributed by atoms with Gasteiger partial charge in [-0.2, -0.15) is 22.7 Å². The van der Waals surface area contributed by atoms with Gasteiger partial charge in [0.25, 0.3) is 5.69 Å². The van der Waals surface area contributed by atoms with Crippen LogP contribution in [0.3, 0.4) is 0 Å². The number of nitrogens with zero attached hydrogens (tertiary/aromatic N) is 2. The molecule has 164 valence electrons. The number of hydrazone groups is 1. The first-order chi connectivity index (χ1) is 14.5. The van der Waals surface area contributed by atoms with Crippen molar-refractivity contribution in [2.24, 2.45) is 5.10 Å². The monoisotopic (exact) mass is 444 g/mol. The van der Waals surface area contributed by atoms with Crippen molar-refractivity contribution in [1.29, 1.82) is 0 Å². The summed E-state index contributed by atoms with van der Waals surface area (Å²) in [5.41, 5.74) is 0.720. The summed E-state index contributed by atoms with van der Waals surface area (Å²) in [6.07, 6.45) is -8.17. The lowest BCUT2D eigenvalue weighted by Crippen LogP contribution is -2.35. The largest absolute Gasteiger partial charge is 0.507 e. The number of non-ortho nitro benzene ring substituents is 1. The average Bonchev–Trinajstić information content (AvgIpc) is 2.70. The second kappa shape index (κ2) is 9.51. The molecule has 0 saturated heterocycles. The number of halogens is 4. The third-order valence-electron chi connectivity index (χ3n) is 3.43. The minimum Gasteiger partial charge on any atom is -0.507 e. The molecule has 0 bridgehead atoms. The molecule has 0 fully saturated rings. The number of amides is 2. The Balaban J connectivity index is 2.06. The minimum absolute atomic E-state index is 0.150. The summed E-state index contributed by atoms with van der Waals surface area (Å²) in [6, 6.07) is 7.30. The van der Waals surface area contributed by atoms with E-state index in [4.69, 9.17) is 0 Å². The van der Waals surface area contributed by atoms with Gasteiger partial charge in [0.05, 0.1) is 16.8 Å². The van der Waals surface area contributed by atoms with Crippen molar-refractivity contribution in [3.8, 4) is 11.5 Å². The molecule has 0 unspecified atom stereocenters. The molecule has 14 heteroatoms. The van der Waals surface area contributed by atoms with E-state index in [1.807, 2.05) is 5.32 Å². The van der Waals surface area contributed by atoms with Crippen LogP contribution in [0.25, 0.3) is 0 Å². The highest BCUT2D eigenvalue weighted by Crippen LogP contribution is 2.32. The van der Waals surface area contributed by atoms with Crippen molar-refractivity contribution < 1.29 is 41.9 Å². The lowest BCUT2D eigenvalue weighted by Gasteiger charge is -2.19. The van der Waals surface area contributed by atoms with Gasteiger partial charge in [0, 0.05) is 17.7 Å². The van der Waals surface area contributed by atoms with Crippen LogP contribution in [0, 0.1) is 10.1 Å². The SMILES string of the molecule is O=C(N/N=C\c1cc([N+](=O)[O-])ccc1O)C(=O)Nc1ccccc1OC(F)(F)C(F)F. The Kier molecular flexibility index (Phi) is 7.07. The van der Waals surface area contributed by atoms with Gasteiger partial charge >= 0.3 is 24.3 Å². The van der Waals surface area contributed by atoms with Crippen LogP contribution in [0.15, 0.2) is 47.6 Å². The molecule has 0 heterocycles. The highest BCUT2D eigenvalue weighted by Gasteiger charge is 2.44. The predicted molar refractivity (Wildman–Crippen MR) is 97.1 cm³/mol. The van der Waals surface area contributed by atoms with E-state index in [0.717, 1.165) is 36.5 Å². The predicted octanol–water partition coefficient (Wildman–Crippen LogP) is 2.63. The summed E-state index contributed by atoms with van der Waals surface area (Å²) in [7, 11) is 0. The van der Waals surface area contributed by atoms with Gasteiger partial charge in [0.1, 0.15) is 11.5 Å². The molecule has 0 aliphatic heterocycles. The highest BCUT2D eigenvalue weighted by atomic mass is 19.3. The molecule has 2 amide bonds. The molecular formula is C17H12F4N4O6. The number of aromatic hydroxyl groups is 1. The zero-order chi connectivity index (χ0) is 23.2. The summed E-state index contributed by atoms with van der Waals surface area (Å²) in [5, 5.41) is 25.6. The first-order valence-electron chi connectivity index (χ1n) is 8.07. The number of phenolic OH excluding ortho intramolecular Hbond substituents is 1. The second-order valence-corrected chi connectivity index (χ2v) is 5.61. The fourth-order valence-corrected chi connectivity index (χ4v) is 2.00. The van der Waals surface area contributed by atoms with Gasteiger partial charge in [-0.1, -0.05) is 12.1 Å². The number of anilines is 1. The van der Waals surface area contributed by atoms with E-state index in [2.05, 4.69) is 9.84 Å². The van der Waals surface area contributed by atoms with Crippen LogP contribution in [0.4, 0.5) is 28.9 Å². The normalized spacial score (nSPS) is 11.4. The minimum atomic E-state index is -4.84. The summed E-state index contributed by atoms with van der Waals surface area (Å²) in [4.78, 5) is 33.7. The number of carbonyl (C=O) groups excluding carboxylic acids is 2. The topological polar surface area (TPSA) is 143 Å². The van der Waals surface area contributed by atoms with E-state index in [0.29, 0.717) is 0 Å². The van der Waals surface area contributed by atoms with Gasteiger partial charge in [-0.25, -0.2) is 5.43 Å². The van der Waals surface area contributed by atoms with E-state index in [1.165, 1.54) is 12.1 Å². The van der Waals surface area contributed by atoms with Gasteiger partial charge < -0.3 is 15.2 Å². The number of hydrogen-bond donors (Lipinski definition) is 3. The van der Waals surface area contributed by atoms with Crippen LogP contribution in [0.5, 0.6) is 11.5 Å². The van der Waals surface area contributed by atoms with Crippen LogP contribution >= 0.6 is 0 Å². The Morgan fingerprint density at radius 2 is 1.87 bits per heavy atom. The van der Waals surface area contributed by atoms with E-state index < -0.39 is 46.5 Å². The number of ether oxygens (including phenoxy) is 1. The van der Waals surface area contributed by atoms with E-state index in [9.17, 15) is 42.4 Å². The quantitative estimate of drug-likeness (QED) is 0.197. The molecule has 0 saturated carbocycles. The number of carbonyl (C=O) groups is 2. The molecule has 0 spiro atoms. The smallest absolute Gasteiger partial charge is 0.461 e. The maximum atomic E-state index is 13.1. The summed E-state index contributed by atoms with van der Waals surface area (Å²) < 4.78 is 54.7. The lowest BCUT2D eigenvalue weighted by molar-refractivity contribution is -0.384. The Labute approximate surface area is 170 Å². The molecule has 0 radical (unpaired) electrons. The lowest BCUT2D eigenvalue weighted by atomic mass is 10.2. The van der Waals surface area contributed by atoms with E-state index in [1.54, 1.807) is 5.43 Å². The van der Waals surface area contributed by atoms with Crippen LogP contribution < -0.4 is 15.5 Å². The number of alkyl halides is 4. The van der Waals surface area contributed by atoms with Gasteiger partial charge in [-0.15, -0.1) is 0 Å². The molecule has 0 aromatic heterocycles. The number of phenols is 1. The molecule has 0 atom stereocenters. The number of hydrogen-bond acceptors (Lipinski definition) is 7. The number of nitrogens with one attached hydrogen (secondary N) is 2. The summed E-state index contributed by atoms with van der Waals surface area (Å²) in [6.45, 7) is 0. The Bertz CT molecular complexity index is 1030. The first-order valence-corrected chi connectivity index (χ1v) is 8.07. The molecular weight excluding hydrogens is 432 g/mol. The maximum absolute atomic E-state index is 13.1. The fourth-order valence-electron chi connectivity index (χ4n) is 2.00. The Morgan fingerprint density at radius 1 is 1.19 bits per heavy atom. The van der Waals surface area contributed by atoms with Crippen LogP contribution in [0.2, 0.25) is 0 Å². The van der Waals surface area contributed by atoms with Gasteiger partial charge in [-0.05, 0) is 18.2 Å². The zero-order valence-corrected chi connectivity index (χ0v) is 15.1. The van der Waals surface area contributed by atoms with Crippen molar-refractivity contribution in [2.45, 2.75) is 12.5 Å². The Morgan fingerprint density at radius 3 is 2.52 bits per heavy atom. The molecule has 3 N–H and O–H groups in total. The summed E-state index contributed by atoms with van der Waals surface area (Å²) in [5.74, 6) is -4.05. The molecule has 10 nitrogen and oxygen atoms in total. The number of benzene rings is 2. The third kappa shape index (κ3) is 6.12. The molecule has 0 aliphatic rings. The first kappa shape index (κ1) is 23.1. The molecule has 31 heavy (non-hydrogen) atoms. The maximum Gasteiger partial charge on any atom is 0.461 e. The number of rotatable bonds is 7. The third-order valence-corrected chi connectivity index (χ3v) is 3.43. The van der Waals surface area contributed by atoms with Crippen molar-refractivity contribution in [3.63, 3.8) is 0 Å². The molecule has 2 aromatic carbocycles. The Hall–Kier alpha value is -4.23. The molecule has 2 rings (SSSR count). The van der Waals surface area contributed by atoms with Crippen molar-refractivity contribution in [1.82, 2.24) is 5.43 Å². The molecule has 2 aromatic rings. The van der Waals surface area contributed by atoms with E-state index >= 15 is 0 Å². The van der Waals surface area contributed by atoms with Crippen LogP contribution in [-0.4, -0.2) is 40.6 Å². The van der Waals surface area contributed by atoms with Crippen molar-refractivity contribution in [3.05, 3.63) is 58.1 Å². The average molecular weight is 444 g/mol. The summed E-state index contributed by atoms with van der Waals surface area (Å²) >= 11 is 0. The van der Waals surface area contributed by atoms with Gasteiger partial charge in [0.2, 0.25) is 0 Å². The number of nitro benzene ring substituents is 1. The zero-order valence-electron chi connectivity index (χ0n) is 15.1. The van der Waals surface area contributed by atoms with Crippen molar-refractivity contribution >= 4 is 29.4 Å².